The van der Waals surface area contributed by atoms with Gasteiger partial charge >= 0.3 is 0 Å². The number of rotatable bonds is 4. The molecular formula is C16H24N2O4S. The smallest absolute Gasteiger partial charge is 0.257 e. The van der Waals surface area contributed by atoms with Gasteiger partial charge in [0.05, 0.1) is 18.9 Å². The molecule has 0 N–H and O–H groups in total. The van der Waals surface area contributed by atoms with Crippen molar-refractivity contribution in [1.29, 1.82) is 0 Å². The first-order chi connectivity index (χ1) is 10.7. The monoisotopic (exact) mass is 340 g/mol. The Balaban J connectivity index is 2.19. The summed E-state index contributed by atoms with van der Waals surface area (Å²) in [7, 11) is -1.66. The number of methoxy groups -OCH3 is 1. The minimum atomic E-state index is -3.20. The van der Waals surface area contributed by atoms with Gasteiger partial charge in [0.15, 0.2) is 0 Å². The van der Waals surface area contributed by atoms with Crippen LogP contribution in [0.1, 0.15) is 35.7 Å². The molecule has 1 fully saturated rings. The molecule has 0 aliphatic carbocycles. The van der Waals surface area contributed by atoms with Crippen LogP contribution in [0.25, 0.3) is 0 Å². The van der Waals surface area contributed by atoms with Crippen LogP contribution in [-0.4, -0.2) is 63.1 Å². The van der Waals surface area contributed by atoms with Crippen molar-refractivity contribution in [3.8, 4) is 5.75 Å². The summed E-state index contributed by atoms with van der Waals surface area (Å²) in [6.45, 7) is 5.58. The SMILES string of the molecule is COc1ccc(C(C)C)cc1C(=O)N1CCN(S(C)(=O)=O)CC1. The van der Waals surface area contributed by atoms with Gasteiger partial charge in [0.25, 0.3) is 5.91 Å². The van der Waals surface area contributed by atoms with E-state index in [1.807, 2.05) is 18.2 Å². The van der Waals surface area contributed by atoms with Gasteiger partial charge in [0, 0.05) is 26.2 Å². The van der Waals surface area contributed by atoms with Gasteiger partial charge in [0.1, 0.15) is 5.75 Å². The van der Waals surface area contributed by atoms with Gasteiger partial charge < -0.3 is 9.64 Å². The van der Waals surface area contributed by atoms with E-state index in [1.165, 1.54) is 10.6 Å². The Labute approximate surface area is 138 Å². The van der Waals surface area contributed by atoms with Crippen molar-refractivity contribution in [3.63, 3.8) is 0 Å². The van der Waals surface area contributed by atoms with E-state index in [0.717, 1.165) is 5.56 Å². The van der Waals surface area contributed by atoms with Crippen molar-refractivity contribution < 1.29 is 17.9 Å². The van der Waals surface area contributed by atoms with E-state index < -0.39 is 10.0 Å². The lowest BCUT2D eigenvalue weighted by Crippen LogP contribution is -2.50. The summed E-state index contributed by atoms with van der Waals surface area (Å²) in [4.78, 5) is 14.5. The number of hydrogen-bond acceptors (Lipinski definition) is 4. The number of ether oxygens (including phenoxy) is 1. The molecule has 6 nitrogen and oxygen atoms in total. The predicted octanol–water partition coefficient (Wildman–Crippen LogP) is 1.54. The number of carbonyl (C=O) groups is 1. The Bertz CT molecular complexity index is 677. The summed E-state index contributed by atoms with van der Waals surface area (Å²) in [5.41, 5.74) is 1.61. The number of benzene rings is 1. The van der Waals surface area contributed by atoms with Crippen molar-refractivity contribution in [1.82, 2.24) is 9.21 Å². The molecule has 1 aliphatic heterocycles. The predicted molar refractivity (Wildman–Crippen MR) is 89.4 cm³/mol. The molecule has 0 saturated carbocycles. The highest BCUT2D eigenvalue weighted by Gasteiger charge is 2.28. The third-order valence-corrected chi connectivity index (χ3v) is 5.42. The summed E-state index contributed by atoms with van der Waals surface area (Å²) in [6, 6.07) is 5.64. The molecule has 1 aromatic rings. The van der Waals surface area contributed by atoms with Crippen molar-refractivity contribution in [2.45, 2.75) is 19.8 Å². The van der Waals surface area contributed by atoms with E-state index in [0.29, 0.717) is 43.4 Å². The van der Waals surface area contributed by atoms with Gasteiger partial charge in [-0.25, -0.2) is 8.42 Å². The Morgan fingerprint density at radius 2 is 1.78 bits per heavy atom. The lowest BCUT2D eigenvalue weighted by atomic mass is 9.99. The largest absolute Gasteiger partial charge is 0.496 e. The highest BCUT2D eigenvalue weighted by Crippen LogP contribution is 2.26. The average molecular weight is 340 g/mol. The van der Waals surface area contributed by atoms with Crippen LogP contribution in [-0.2, 0) is 10.0 Å². The van der Waals surface area contributed by atoms with Gasteiger partial charge in [-0.15, -0.1) is 0 Å². The molecule has 128 valence electrons. The van der Waals surface area contributed by atoms with Crippen LogP contribution in [0.4, 0.5) is 0 Å². The van der Waals surface area contributed by atoms with E-state index in [1.54, 1.807) is 12.0 Å². The summed E-state index contributed by atoms with van der Waals surface area (Å²) in [5.74, 6) is 0.747. The number of amides is 1. The minimum Gasteiger partial charge on any atom is -0.496 e. The quantitative estimate of drug-likeness (QED) is 0.834. The molecule has 0 spiro atoms. The highest BCUT2D eigenvalue weighted by atomic mass is 32.2. The summed E-state index contributed by atoms with van der Waals surface area (Å²) >= 11 is 0. The normalized spacial score (nSPS) is 16.7. The van der Waals surface area contributed by atoms with Gasteiger partial charge in [-0.2, -0.15) is 4.31 Å². The fourth-order valence-electron chi connectivity index (χ4n) is 2.65. The first-order valence-corrected chi connectivity index (χ1v) is 9.51. The van der Waals surface area contributed by atoms with E-state index in [9.17, 15) is 13.2 Å². The number of sulfonamides is 1. The van der Waals surface area contributed by atoms with Gasteiger partial charge in [-0.3, -0.25) is 4.79 Å². The molecule has 0 atom stereocenters. The average Bonchev–Trinajstić information content (AvgIpc) is 2.52. The molecule has 0 radical (unpaired) electrons. The fourth-order valence-corrected chi connectivity index (χ4v) is 3.47. The second-order valence-corrected chi connectivity index (χ2v) is 8.05. The van der Waals surface area contributed by atoms with Crippen molar-refractivity contribution in [2.24, 2.45) is 0 Å². The van der Waals surface area contributed by atoms with Crippen LogP contribution in [0, 0.1) is 0 Å². The summed E-state index contributed by atoms with van der Waals surface area (Å²) in [5, 5.41) is 0. The Hall–Kier alpha value is -1.60. The summed E-state index contributed by atoms with van der Waals surface area (Å²) in [6.07, 6.45) is 1.19. The van der Waals surface area contributed by atoms with Gasteiger partial charge in [0.2, 0.25) is 10.0 Å². The van der Waals surface area contributed by atoms with E-state index in [4.69, 9.17) is 4.74 Å². The highest BCUT2D eigenvalue weighted by molar-refractivity contribution is 7.88. The van der Waals surface area contributed by atoms with Crippen molar-refractivity contribution in [2.75, 3.05) is 39.5 Å². The van der Waals surface area contributed by atoms with Crippen LogP contribution in [0.5, 0.6) is 5.75 Å². The molecule has 7 heteroatoms. The standard InChI is InChI=1S/C16H24N2O4S/c1-12(2)13-5-6-15(22-3)14(11-13)16(19)17-7-9-18(10-8-17)23(4,20)21/h5-6,11-12H,7-10H2,1-4H3. The third-order valence-electron chi connectivity index (χ3n) is 4.12. The Morgan fingerprint density at radius 1 is 1.17 bits per heavy atom. The number of carbonyl (C=O) groups excluding carboxylic acids is 1. The first-order valence-electron chi connectivity index (χ1n) is 7.66. The third kappa shape index (κ3) is 4.03. The van der Waals surface area contributed by atoms with E-state index in [2.05, 4.69) is 13.8 Å². The zero-order valence-corrected chi connectivity index (χ0v) is 14.9. The number of nitrogens with zero attached hydrogens (tertiary/aromatic N) is 2. The molecule has 1 aliphatic rings. The zero-order valence-electron chi connectivity index (χ0n) is 14.1. The fraction of sp³-hybridized carbons (Fsp3) is 0.562. The second kappa shape index (κ2) is 6.88. The maximum Gasteiger partial charge on any atom is 0.257 e. The molecular weight excluding hydrogens is 316 g/mol. The van der Waals surface area contributed by atoms with E-state index in [-0.39, 0.29) is 5.91 Å². The molecule has 0 bridgehead atoms. The van der Waals surface area contributed by atoms with Gasteiger partial charge in [-0.1, -0.05) is 19.9 Å². The molecule has 1 heterocycles. The molecule has 2 rings (SSSR count). The molecule has 0 aromatic heterocycles. The molecule has 1 saturated heterocycles. The Morgan fingerprint density at radius 3 is 2.26 bits per heavy atom. The minimum absolute atomic E-state index is 0.113. The number of hydrogen-bond donors (Lipinski definition) is 0. The maximum absolute atomic E-state index is 12.8. The number of piperazine rings is 1. The Kier molecular flexibility index (Phi) is 5.31. The van der Waals surface area contributed by atoms with Crippen LogP contribution in [0.15, 0.2) is 18.2 Å². The van der Waals surface area contributed by atoms with Crippen molar-refractivity contribution >= 4 is 15.9 Å². The summed E-state index contributed by atoms with van der Waals surface area (Å²) < 4.78 is 29.8. The van der Waals surface area contributed by atoms with Crippen LogP contribution in [0.2, 0.25) is 0 Å². The topological polar surface area (TPSA) is 66.9 Å². The maximum atomic E-state index is 12.8. The second-order valence-electron chi connectivity index (χ2n) is 6.07. The van der Waals surface area contributed by atoms with Crippen LogP contribution < -0.4 is 4.74 Å². The first kappa shape index (κ1) is 17.7. The lowest BCUT2D eigenvalue weighted by molar-refractivity contribution is 0.0694. The van der Waals surface area contributed by atoms with E-state index >= 15 is 0 Å². The lowest BCUT2D eigenvalue weighted by Gasteiger charge is -2.33. The molecule has 1 aromatic carbocycles. The van der Waals surface area contributed by atoms with Crippen LogP contribution >= 0.6 is 0 Å². The van der Waals surface area contributed by atoms with Gasteiger partial charge in [-0.05, 0) is 23.6 Å². The van der Waals surface area contributed by atoms with Crippen LogP contribution in [0.3, 0.4) is 0 Å². The molecule has 23 heavy (non-hydrogen) atoms. The van der Waals surface area contributed by atoms with Crippen molar-refractivity contribution in [3.05, 3.63) is 29.3 Å². The molecule has 0 unspecified atom stereocenters. The zero-order chi connectivity index (χ0) is 17.2. The molecule has 1 amide bonds.